The highest BCUT2D eigenvalue weighted by molar-refractivity contribution is 6.48. The molecule has 124 valence electrons. The number of ketones is 1. The summed E-state index contributed by atoms with van der Waals surface area (Å²) in [5.41, 5.74) is 1.08. The Kier molecular flexibility index (Phi) is 6.15. The van der Waals surface area contributed by atoms with Crippen molar-refractivity contribution < 1.29 is 18.7 Å². The molecule has 24 heavy (non-hydrogen) atoms. The van der Waals surface area contributed by atoms with Crippen LogP contribution in [0.4, 0.5) is 4.39 Å². The average Bonchev–Trinajstić information content (AvgIpc) is 2.61. The van der Waals surface area contributed by atoms with E-state index in [0.717, 1.165) is 0 Å². The zero-order valence-corrected chi connectivity index (χ0v) is 14.0. The van der Waals surface area contributed by atoms with Gasteiger partial charge in [0, 0.05) is 11.1 Å². The molecule has 0 aliphatic carbocycles. The van der Waals surface area contributed by atoms with Crippen molar-refractivity contribution >= 4 is 22.4 Å². The highest BCUT2D eigenvalue weighted by atomic mass is 35.5. The Balaban J connectivity index is 2.15. The lowest BCUT2D eigenvalue weighted by Gasteiger charge is -2.07. The summed E-state index contributed by atoms with van der Waals surface area (Å²) in [6, 6.07) is 10.7. The van der Waals surface area contributed by atoms with Crippen molar-refractivity contribution in [3.63, 3.8) is 0 Å². The standard InChI is InChI=1S/C19H16ClFO3/c1-23-15-10-11-16(19(12-15)24-2)18(22)5-3-4-17(20)13-6-8-14(21)9-7-13/h3-12H,1-2H3/b5-3+,17-4-. The summed E-state index contributed by atoms with van der Waals surface area (Å²) < 4.78 is 23.2. The second kappa shape index (κ2) is 8.31. The molecular formula is C19H16ClFO3. The maximum Gasteiger partial charge on any atom is 0.189 e. The first-order valence-electron chi connectivity index (χ1n) is 7.11. The van der Waals surface area contributed by atoms with Crippen LogP contribution in [0.2, 0.25) is 0 Å². The number of allylic oxidation sites excluding steroid dienone is 3. The number of carbonyl (C=O) groups is 1. The van der Waals surface area contributed by atoms with Gasteiger partial charge in [-0.3, -0.25) is 4.79 Å². The van der Waals surface area contributed by atoms with E-state index in [9.17, 15) is 9.18 Å². The molecule has 0 bridgehead atoms. The second-order valence-corrected chi connectivity index (χ2v) is 5.22. The van der Waals surface area contributed by atoms with Gasteiger partial charge in [0.2, 0.25) is 0 Å². The smallest absolute Gasteiger partial charge is 0.189 e. The molecule has 2 aromatic rings. The predicted molar refractivity (Wildman–Crippen MR) is 93.2 cm³/mol. The number of carbonyl (C=O) groups excluding carboxylic acids is 1. The van der Waals surface area contributed by atoms with Crippen LogP contribution < -0.4 is 9.47 Å². The van der Waals surface area contributed by atoms with Crippen molar-refractivity contribution in [3.8, 4) is 11.5 Å². The van der Waals surface area contributed by atoms with Crippen LogP contribution in [-0.2, 0) is 0 Å². The molecule has 0 fully saturated rings. The van der Waals surface area contributed by atoms with Crippen molar-refractivity contribution in [1.29, 1.82) is 0 Å². The summed E-state index contributed by atoms with van der Waals surface area (Å²) in [6.07, 6.45) is 4.50. The number of ether oxygens (including phenoxy) is 2. The number of benzene rings is 2. The lowest BCUT2D eigenvalue weighted by Crippen LogP contribution is -1.99. The van der Waals surface area contributed by atoms with Crippen LogP contribution >= 0.6 is 11.6 Å². The third-order valence-electron chi connectivity index (χ3n) is 3.28. The van der Waals surface area contributed by atoms with E-state index >= 15 is 0 Å². The summed E-state index contributed by atoms with van der Waals surface area (Å²) in [5.74, 6) is 0.471. The van der Waals surface area contributed by atoms with E-state index in [1.54, 1.807) is 43.5 Å². The van der Waals surface area contributed by atoms with Crippen LogP contribution in [0.25, 0.3) is 5.03 Å². The van der Waals surface area contributed by atoms with Gasteiger partial charge in [-0.2, -0.15) is 0 Å². The number of hydrogen-bond donors (Lipinski definition) is 0. The van der Waals surface area contributed by atoms with Gasteiger partial charge in [0.15, 0.2) is 5.78 Å². The van der Waals surface area contributed by atoms with Crippen LogP contribution in [0, 0.1) is 5.82 Å². The molecular weight excluding hydrogens is 331 g/mol. The van der Waals surface area contributed by atoms with Crippen LogP contribution in [0.15, 0.2) is 60.7 Å². The Bertz CT molecular complexity index is 780. The molecule has 0 aliphatic rings. The van der Waals surface area contributed by atoms with Crippen molar-refractivity contribution in [2.45, 2.75) is 0 Å². The summed E-state index contributed by atoms with van der Waals surface area (Å²) in [5, 5.41) is 0.403. The van der Waals surface area contributed by atoms with Crippen molar-refractivity contribution in [1.82, 2.24) is 0 Å². The van der Waals surface area contributed by atoms with Crippen molar-refractivity contribution in [2.24, 2.45) is 0 Å². The quantitative estimate of drug-likeness (QED) is 0.425. The predicted octanol–water partition coefficient (Wildman–Crippen LogP) is 4.86. The molecule has 0 atom stereocenters. The Morgan fingerprint density at radius 3 is 2.42 bits per heavy atom. The lowest BCUT2D eigenvalue weighted by atomic mass is 10.1. The largest absolute Gasteiger partial charge is 0.497 e. The fraction of sp³-hybridized carbons (Fsp3) is 0.105. The van der Waals surface area contributed by atoms with Gasteiger partial charge < -0.3 is 9.47 Å². The third kappa shape index (κ3) is 4.46. The number of halogens is 2. The van der Waals surface area contributed by atoms with Gasteiger partial charge >= 0.3 is 0 Å². The topological polar surface area (TPSA) is 35.5 Å². The Morgan fingerprint density at radius 1 is 1.08 bits per heavy atom. The molecule has 0 unspecified atom stereocenters. The highest BCUT2D eigenvalue weighted by Crippen LogP contribution is 2.25. The molecule has 0 amide bonds. The summed E-state index contributed by atoms with van der Waals surface area (Å²) in [4.78, 5) is 12.3. The molecule has 0 heterocycles. The van der Waals surface area contributed by atoms with E-state index in [2.05, 4.69) is 0 Å². The molecule has 2 aromatic carbocycles. The van der Waals surface area contributed by atoms with Gasteiger partial charge in [0.1, 0.15) is 17.3 Å². The third-order valence-corrected chi connectivity index (χ3v) is 3.63. The minimum atomic E-state index is -0.333. The van der Waals surface area contributed by atoms with E-state index in [0.29, 0.717) is 27.7 Å². The minimum Gasteiger partial charge on any atom is -0.497 e. The Morgan fingerprint density at radius 2 is 1.79 bits per heavy atom. The molecule has 0 N–H and O–H groups in total. The molecule has 2 rings (SSSR count). The van der Waals surface area contributed by atoms with E-state index in [4.69, 9.17) is 21.1 Å². The van der Waals surface area contributed by atoms with E-state index in [1.807, 2.05) is 0 Å². The summed E-state index contributed by atoms with van der Waals surface area (Å²) >= 11 is 6.12. The Labute approximate surface area is 145 Å². The first-order chi connectivity index (χ1) is 11.5. The van der Waals surface area contributed by atoms with Gasteiger partial charge in [-0.05, 0) is 42.0 Å². The second-order valence-electron chi connectivity index (χ2n) is 4.81. The lowest BCUT2D eigenvalue weighted by molar-refractivity contribution is 0.104. The molecule has 0 aromatic heterocycles. The van der Waals surface area contributed by atoms with E-state index in [-0.39, 0.29) is 11.6 Å². The number of hydrogen-bond acceptors (Lipinski definition) is 3. The summed E-state index contributed by atoms with van der Waals surface area (Å²) in [6.45, 7) is 0. The van der Waals surface area contributed by atoms with E-state index < -0.39 is 0 Å². The van der Waals surface area contributed by atoms with Crippen molar-refractivity contribution in [3.05, 3.63) is 77.6 Å². The van der Waals surface area contributed by atoms with Gasteiger partial charge in [0.05, 0.1) is 19.8 Å². The molecule has 5 heteroatoms. The van der Waals surface area contributed by atoms with Gasteiger partial charge in [-0.1, -0.05) is 29.8 Å². The minimum absolute atomic E-state index is 0.227. The first-order valence-corrected chi connectivity index (χ1v) is 7.49. The maximum absolute atomic E-state index is 12.9. The molecule has 0 spiro atoms. The van der Waals surface area contributed by atoms with Crippen LogP contribution in [-0.4, -0.2) is 20.0 Å². The van der Waals surface area contributed by atoms with Gasteiger partial charge in [-0.25, -0.2) is 4.39 Å². The normalized spacial score (nSPS) is 11.6. The maximum atomic E-state index is 12.9. The first kappa shape index (κ1) is 17.8. The van der Waals surface area contributed by atoms with Gasteiger partial charge in [0.25, 0.3) is 0 Å². The number of rotatable bonds is 6. The zero-order chi connectivity index (χ0) is 17.5. The fourth-order valence-electron chi connectivity index (χ4n) is 2.02. The van der Waals surface area contributed by atoms with Crippen LogP contribution in [0.1, 0.15) is 15.9 Å². The fourth-order valence-corrected chi connectivity index (χ4v) is 2.22. The molecule has 0 saturated carbocycles. The van der Waals surface area contributed by atoms with Gasteiger partial charge in [-0.15, -0.1) is 0 Å². The molecule has 0 radical (unpaired) electrons. The molecule has 3 nitrogen and oxygen atoms in total. The average molecular weight is 347 g/mol. The Hall–Kier alpha value is -2.59. The van der Waals surface area contributed by atoms with Crippen LogP contribution in [0.3, 0.4) is 0 Å². The molecule has 0 aliphatic heterocycles. The summed E-state index contributed by atoms with van der Waals surface area (Å²) in [7, 11) is 3.03. The van der Waals surface area contributed by atoms with E-state index in [1.165, 1.54) is 31.4 Å². The zero-order valence-electron chi connectivity index (χ0n) is 13.3. The number of methoxy groups -OCH3 is 2. The molecule has 0 saturated heterocycles. The van der Waals surface area contributed by atoms with Crippen LogP contribution in [0.5, 0.6) is 11.5 Å². The monoisotopic (exact) mass is 346 g/mol. The van der Waals surface area contributed by atoms with Crippen molar-refractivity contribution in [2.75, 3.05) is 14.2 Å². The SMILES string of the molecule is COc1ccc(C(=O)/C=C/C=C(\Cl)c2ccc(F)cc2)c(OC)c1. The highest BCUT2D eigenvalue weighted by Gasteiger charge is 2.10.